The molecule has 1 aromatic carbocycles. The third kappa shape index (κ3) is 5.30. The smallest absolute Gasteiger partial charge is 0.307 e. The molecule has 0 spiro atoms. The molecule has 6 nitrogen and oxygen atoms in total. The number of carbonyl (C=O) groups excluding carboxylic acids is 1. The van der Waals surface area contributed by atoms with Gasteiger partial charge in [-0.2, -0.15) is 0 Å². The van der Waals surface area contributed by atoms with Crippen LogP contribution in [0.25, 0.3) is 0 Å². The molecule has 1 amide bonds. The predicted octanol–water partition coefficient (Wildman–Crippen LogP) is 1.68. The molecule has 0 aromatic heterocycles. The summed E-state index contributed by atoms with van der Waals surface area (Å²) in [4.78, 5) is 30.4. The largest absolute Gasteiger partial charge is 0.481 e. The Labute approximate surface area is 161 Å². The molecule has 0 aliphatic carbocycles. The lowest BCUT2D eigenvalue weighted by molar-refractivity contribution is -0.146. The van der Waals surface area contributed by atoms with E-state index < -0.39 is 5.97 Å². The maximum Gasteiger partial charge on any atom is 0.307 e. The fourth-order valence-corrected chi connectivity index (χ4v) is 4.24. The molecule has 0 radical (unpaired) electrons. The Kier molecular flexibility index (Phi) is 6.50. The number of carbonyl (C=O) groups is 2. The van der Waals surface area contributed by atoms with Gasteiger partial charge in [0.15, 0.2) is 0 Å². The van der Waals surface area contributed by atoms with Crippen molar-refractivity contribution in [3.63, 3.8) is 0 Å². The van der Waals surface area contributed by atoms with Crippen LogP contribution in [0.15, 0.2) is 24.3 Å². The Morgan fingerprint density at radius 3 is 2.44 bits per heavy atom. The first kappa shape index (κ1) is 19.8. The highest BCUT2D eigenvalue weighted by Crippen LogP contribution is 2.22. The molecule has 0 saturated carbocycles. The van der Waals surface area contributed by atoms with Gasteiger partial charge in [-0.3, -0.25) is 19.4 Å². The molecule has 2 atom stereocenters. The fraction of sp³-hybridized carbons (Fsp3) is 0.619. The van der Waals surface area contributed by atoms with Crippen molar-refractivity contribution in [3.05, 3.63) is 35.4 Å². The number of piperazine rings is 1. The van der Waals surface area contributed by atoms with Crippen molar-refractivity contribution < 1.29 is 14.7 Å². The van der Waals surface area contributed by atoms with E-state index in [-0.39, 0.29) is 11.8 Å². The molecule has 2 heterocycles. The highest BCUT2D eigenvalue weighted by atomic mass is 16.4. The van der Waals surface area contributed by atoms with Crippen molar-refractivity contribution >= 4 is 11.9 Å². The summed E-state index contributed by atoms with van der Waals surface area (Å²) in [5, 5.41) is 9.30. The number of carboxylic acids is 1. The van der Waals surface area contributed by atoms with E-state index in [1.807, 2.05) is 9.80 Å². The van der Waals surface area contributed by atoms with Crippen LogP contribution >= 0.6 is 0 Å². The average molecular weight is 373 g/mol. The number of piperidine rings is 1. The van der Waals surface area contributed by atoms with Crippen LogP contribution in [0.4, 0.5) is 0 Å². The Bertz CT molecular complexity index is 670. The number of hydrogen-bond acceptors (Lipinski definition) is 4. The predicted molar refractivity (Wildman–Crippen MR) is 104 cm³/mol. The van der Waals surface area contributed by atoms with E-state index in [2.05, 4.69) is 43.0 Å². The van der Waals surface area contributed by atoms with Crippen LogP contribution in [0, 0.1) is 18.8 Å². The first-order chi connectivity index (χ1) is 12.9. The standard InChI is InChI=1S/C21H31N3O3/c1-16-11-19(21(26)27)14-23(12-16)15-20(25)24-9-7-22(8-10-24)13-18-6-4-3-5-17(18)2/h3-6,16,19H,7-15H2,1-2H3,(H,26,27). The lowest BCUT2D eigenvalue weighted by atomic mass is 9.90. The second-order valence-corrected chi connectivity index (χ2v) is 8.15. The van der Waals surface area contributed by atoms with Crippen LogP contribution in [0.3, 0.4) is 0 Å². The first-order valence-corrected chi connectivity index (χ1v) is 9.92. The van der Waals surface area contributed by atoms with Gasteiger partial charge in [0.25, 0.3) is 0 Å². The van der Waals surface area contributed by atoms with Crippen molar-refractivity contribution in [2.45, 2.75) is 26.8 Å². The molecule has 27 heavy (non-hydrogen) atoms. The second-order valence-electron chi connectivity index (χ2n) is 8.15. The Balaban J connectivity index is 1.47. The third-order valence-electron chi connectivity index (χ3n) is 5.82. The summed E-state index contributed by atoms with van der Waals surface area (Å²) in [6, 6.07) is 8.44. The monoisotopic (exact) mass is 373 g/mol. The lowest BCUT2D eigenvalue weighted by Gasteiger charge is -2.38. The lowest BCUT2D eigenvalue weighted by Crippen LogP contribution is -2.52. The van der Waals surface area contributed by atoms with E-state index >= 15 is 0 Å². The molecule has 2 aliphatic rings. The number of aryl methyl sites for hydroxylation is 1. The summed E-state index contributed by atoms with van der Waals surface area (Å²) in [5.74, 6) is -0.654. The van der Waals surface area contributed by atoms with E-state index in [1.54, 1.807) is 0 Å². The van der Waals surface area contributed by atoms with Gasteiger partial charge in [-0.15, -0.1) is 0 Å². The van der Waals surface area contributed by atoms with E-state index in [0.717, 1.165) is 39.3 Å². The third-order valence-corrected chi connectivity index (χ3v) is 5.82. The van der Waals surface area contributed by atoms with E-state index in [1.165, 1.54) is 11.1 Å². The molecule has 6 heteroatoms. The summed E-state index contributed by atoms with van der Waals surface area (Å²) in [6.45, 7) is 10.0. The highest BCUT2D eigenvalue weighted by Gasteiger charge is 2.31. The zero-order chi connectivity index (χ0) is 19.4. The van der Waals surface area contributed by atoms with Gasteiger partial charge in [0.2, 0.25) is 5.91 Å². The normalized spacial score (nSPS) is 24.7. The summed E-state index contributed by atoms with van der Waals surface area (Å²) < 4.78 is 0. The number of rotatable bonds is 5. The molecule has 1 aromatic rings. The minimum absolute atomic E-state index is 0.129. The van der Waals surface area contributed by atoms with Crippen LogP contribution in [0.2, 0.25) is 0 Å². The van der Waals surface area contributed by atoms with Crippen LogP contribution in [0.1, 0.15) is 24.5 Å². The second kappa shape index (κ2) is 8.85. The number of carboxylic acid groups (broad SMARTS) is 1. The van der Waals surface area contributed by atoms with Crippen molar-refractivity contribution in [1.82, 2.24) is 14.7 Å². The number of hydrogen-bond donors (Lipinski definition) is 1. The molecule has 2 saturated heterocycles. The minimum Gasteiger partial charge on any atom is -0.481 e. The molecule has 148 valence electrons. The Morgan fingerprint density at radius 1 is 1.07 bits per heavy atom. The van der Waals surface area contributed by atoms with Gasteiger partial charge in [0, 0.05) is 45.8 Å². The van der Waals surface area contributed by atoms with Crippen molar-refractivity contribution in [2.24, 2.45) is 11.8 Å². The molecular formula is C21H31N3O3. The number of nitrogens with zero attached hydrogens (tertiary/aromatic N) is 3. The fourth-order valence-electron chi connectivity index (χ4n) is 4.24. The molecule has 2 fully saturated rings. The number of likely N-dealkylation sites (tertiary alicyclic amines) is 1. The quantitative estimate of drug-likeness (QED) is 0.851. The molecular weight excluding hydrogens is 342 g/mol. The van der Waals surface area contributed by atoms with Gasteiger partial charge in [-0.25, -0.2) is 0 Å². The van der Waals surface area contributed by atoms with Gasteiger partial charge < -0.3 is 10.0 Å². The van der Waals surface area contributed by atoms with Crippen LogP contribution < -0.4 is 0 Å². The van der Waals surface area contributed by atoms with Crippen LogP contribution in [-0.2, 0) is 16.1 Å². The minimum atomic E-state index is -0.746. The molecule has 2 unspecified atom stereocenters. The number of benzene rings is 1. The van der Waals surface area contributed by atoms with Gasteiger partial charge >= 0.3 is 5.97 Å². The van der Waals surface area contributed by atoms with Gasteiger partial charge in [0.05, 0.1) is 12.5 Å². The first-order valence-electron chi connectivity index (χ1n) is 9.92. The summed E-state index contributed by atoms with van der Waals surface area (Å²) in [7, 11) is 0. The maximum atomic E-state index is 12.7. The van der Waals surface area contributed by atoms with E-state index in [0.29, 0.717) is 25.4 Å². The van der Waals surface area contributed by atoms with Crippen molar-refractivity contribution in [1.29, 1.82) is 0 Å². The summed E-state index contributed by atoms with van der Waals surface area (Å²) in [6.07, 6.45) is 0.706. The summed E-state index contributed by atoms with van der Waals surface area (Å²) >= 11 is 0. The molecule has 3 rings (SSSR count). The molecule has 0 bridgehead atoms. The zero-order valence-electron chi connectivity index (χ0n) is 16.4. The Morgan fingerprint density at radius 2 is 1.78 bits per heavy atom. The van der Waals surface area contributed by atoms with Gasteiger partial charge in [-0.1, -0.05) is 31.2 Å². The SMILES string of the molecule is Cc1ccccc1CN1CCN(C(=O)CN2CC(C)CC(C(=O)O)C2)CC1. The van der Waals surface area contributed by atoms with Crippen molar-refractivity contribution in [3.8, 4) is 0 Å². The Hall–Kier alpha value is -1.92. The zero-order valence-corrected chi connectivity index (χ0v) is 16.4. The van der Waals surface area contributed by atoms with Crippen LogP contribution in [0.5, 0.6) is 0 Å². The average Bonchev–Trinajstić information content (AvgIpc) is 2.63. The highest BCUT2D eigenvalue weighted by molar-refractivity contribution is 5.78. The number of amides is 1. The van der Waals surface area contributed by atoms with E-state index in [4.69, 9.17) is 0 Å². The van der Waals surface area contributed by atoms with Crippen molar-refractivity contribution in [2.75, 3.05) is 45.8 Å². The van der Waals surface area contributed by atoms with Gasteiger partial charge in [0.1, 0.15) is 0 Å². The maximum absolute atomic E-state index is 12.7. The summed E-state index contributed by atoms with van der Waals surface area (Å²) in [5.41, 5.74) is 2.66. The number of aliphatic carboxylic acids is 1. The molecule has 1 N–H and O–H groups in total. The van der Waals surface area contributed by atoms with Crippen LogP contribution in [-0.4, -0.2) is 77.5 Å². The molecule has 2 aliphatic heterocycles. The van der Waals surface area contributed by atoms with E-state index in [9.17, 15) is 14.7 Å². The topological polar surface area (TPSA) is 64.1 Å². The van der Waals surface area contributed by atoms with Gasteiger partial charge in [-0.05, 0) is 30.4 Å².